The zero-order valence-electron chi connectivity index (χ0n) is 10.2. The van der Waals surface area contributed by atoms with Gasteiger partial charge < -0.3 is 15.0 Å². The maximum absolute atomic E-state index is 6.10. The molecule has 0 aliphatic carbocycles. The molecule has 1 aromatic carbocycles. The molecule has 0 spiro atoms. The summed E-state index contributed by atoms with van der Waals surface area (Å²) >= 11 is 6.10. The smallest absolute Gasteiger partial charge is 0.137 e. The first-order valence-corrected chi connectivity index (χ1v) is 6.43. The number of halogens is 1. The number of hydrogen-bond donors (Lipinski definition) is 1. The molecule has 0 bridgehead atoms. The zero-order valence-corrected chi connectivity index (χ0v) is 11.0. The monoisotopic (exact) mass is 254 g/mol. The third-order valence-corrected chi connectivity index (χ3v) is 3.44. The van der Waals surface area contributed by atoms with Crippen LogP contribution in [0, 0.1) is 0 Å². The van der Waals surface area contributed by atoms with E-state index in [2.05, 4.69) is 16.3 Å². The van der Waals surface area contributed by atoms with E-state index < -0.39 is 0 Å². The molecule has 1 heterocycles. The lowest BCUT2D eigenvalue weighted by Crippen LogP contribution is -2.44. The standard InChI is InChI=1S/C13H19ClN2O/c1-17-13-3-2-11(10-12(13)14)4-7-16-8-5-15-6-9-16/h2-3,10,15H,4-9H2,1H3. The van der Waals surface area contributed by atoms with Crippen molar-refractivity contribution >= 4 is 11.6 Å². The lowest BCUT2D eigenvalue weighted by atomic mass is 10.1. The average molecular weight is 255 g/mol. The van der Waals surface area contributed by atoms with Crippen LogP contribution in [-0.2, 0) is 6.42 Å². The minimum Gasteiger partial charge on any atom is -0.495 e. The fourth-order valence-electron chi connectivity index (χ4n) is 2.09. The molecule has 1 aliphatic rings. The molecule has 4 heteroatoms. The molecule has 0 unspecified atom stereocenters. The summed E-state index contributed by atoms with van der Waals surface area (Å²) in [4.78, 5) is 2.48. The molecule has 1 aliphatic heterocycles. The quantitative estimate of drug-likeness (QED) is 0.887. The fourth-order valence-corrected chi connectivity index (χ4v) is 2.37. The molecular formula is C13H19ClN2O. The predicted octanol–water partition coefficient (Wildman–Crippen LogP) is 1.80. The highest BCUT2D eigenvalue weighted by Crippen LogP contribution is 2.25. The molecule has 17 heavy (non-hydrogen) atoms. The number of benzene rings is 1. The van der Waals surface area contributed by atoms with E-state index in [9.17, 15) is 0 Å². The largest absolute Gasteiger partial charge is 0.495 e. The third-order valence-electron chi connectivity index (χ3n) is 3.14. The Kier molecular flexibility index (Phi) is 4.66. The summed E-state index contributed by atoms with van der Waals surface area (Å²) < 4.78 is 5.14. The topological polar surface area (TPSA) is 24.5 Å². The Labute approximate surface area is 108 Å². The van der Waals surface area contributed by atoms with E-state index >= 15 is 0 Å². The van der Waals surface area contributed by atoms with E-state index in [1.165, 1.54) is 5.56 Å². The third kappa shape index (κ3) is 3.60. The van der Waals surface area contributed by atoms with Crippen LogP contribution in [-0.4, -0.2) is 44.7 Å². The van der Waals surface area contributed by atoms with Gasteiger partial charge in [0.25, 0.3) is 0 Å². The maximum atomic E-state index is 6.10. The number of piperazine rings is 1. The second-order valence-corrected chi connectivity index (χ2v) is 4.72. The molecule has 0 amide bonds. The van der Waals surface area contributed by atoms with Gasteiger partial charge in [0, 0.05) is 32.7 Å². The van der Waals surface area contributed by atoms with Gasteiger partial charge >= 0.3 is 0 Å². The van der Waals surface area contributed by atoms with Crippen LogP contribution < -0.4 is 10.1 Å². The summed E-state index contributed by atoms with van der Waals surface area (Å²) in [5, 5.41) is 4.06. The molecule has 1 N–H and O–H groups in total. The number of methoxy groups -OCH3 is 1. The van der Waals surface area contributed by atoms with E-state index in [1.54, 1.807) is 7.11 Å². The first-order valence-electron chi connectivity index (χ1n) is 6.05. The van der Waals surface area contributed by atoms with Crippen molar-refractivity contribution in [2.75, 3.05) is 39.8 Å². The summed E-state index contributed by atoms with van der Waals surface area (Å²) in [5.41, 5.74) is 1.27. The van der Waals surface area contributed by atoms with E-state index in [0.29, 0.717) is 5.02 Å². The van der Waals surface area contributed by atoms with Crippen LogP contribution in [0.4, 0.5) is 0 Å². The highest BCUT2D eigenvalue weighted by atomic mass is 35.5. The van der Waals surface area contributed by atoms with Crippen LogP contribution in [0.15, 0.2) is 18.2 Å². The fraction of sp³-hybridized carbons (Fsp3) is 0.538. The van der Waals surface area contributed by atoms with E-state index in [-0.39, 0.29) is 0 Å². The predicted molar refractivity (Wildman–Crippen MR) is 71.0 cm³/mol. The summed E-state index contributed by atoms with van der Waals surface area (Å²) in [6.07, 6.45) is 1.05. The van der Waals surface area contributed by atoms with Crippen LogP contribution in [0.3, 0.4) is 0 Å². The molecule has 94 valence electrons. The van der Waals surface area contributed by atoms with Crippen LogP contribution >= 0.6 is 11.6 Å². The molecule has 1 fully saturated rings. The van der Waals surface area contributed by atoms with Crippen LogP contribution in [0.2, 0.25) is 5.02 Å². The molecule has 0 atom stereocenters. The number of ether oxygens (including phenoxy) is 1. The minimum absolute atomic E-state index is 0.699. The second-order valence-electron chi connectivity index (χ2n) is 4.31. The minimum atomic E-state index is 0.699. The van der Waals surface area contributed by atoms with Gasteiger partial charge in [-0.1, -0.05) is 17.7 Å². The second kappa shape index (κ2) is 6.24. The summed E-state index contributed by atoms with van der Waals surface area (Å²) in [6, 6.07) is 6.03. The highest BCUT2D eigenvalue weighted by molar-refractivity contribution is 6.32. The molecule has 0 radical (unpaired) electrons. The van der Waals surface area contributed by atoms with Crippen molar-refractivity contribution in [1.29, 1.82) is 0 Å². The van der Waals surface area contributed by atoms with Gasteiger partial charge in [-0.2, -0.15) is 0 Å². The van der Waals surface area contributed by atoms with Gasteiger partial charge in [-0.05, 0) is 24.1 Å². The van der Waals surface area contributed by atoms with E-state index in [1.807, 2.05) is 12.1 Å². The Balaban J connectivity index is 1.87. The lowest BCUT2D eigenvalue weighted by molar-refractivity contribution is 0.244. The molecule has 0 aromatic heterocycles. The van der Waals surface area contributed by atoms with Crippen molar-refractivity contribution in [1.82, 2.24) is 10.2 Å². The summed E-state index contributed by atoms with van der Waals surface area (Å²) in [7, 11) is 1.64. The maximum Gasteiger partial charge on any atom is 0.137 e. The van der Waals surface area contributed by atoms with Gasteiger partial charge in [0.1, 0.15) is 5.75 Å². The van der Waals surface area contributed by atoms with Gasteiger partial charge in [0.15, 0.2) is 0 Å². The number of hydrogen-bond acceptors (Lipinski definition) is 3. The van der Waals surface area contributed by atoms with E-state index in [0.717, 1.165) is 44.9 Å². The van der Waals surface area contributed by atoms with Crippen molar-refractivity contribution in [2.45, 2.75) is 6.42 Å². The van der Waals surface area contributed by atoms with Gasteiger partial charge in [-0.3, -0.25) is 0 Å². The van der Waals surface area contributed by atoms with Gasteiger partial charge in [0.05, 0.1) is 12.1 Å². The highest BCUT2D eigenvalue weighted by Gasteiger charge is 2.09. The van der Waals surface area contributed by atoms with Crippen LogP contribution in [0.25, 0.3) is 0 Å². The Morgan fingerprint density at radius 3 is 2.76 bits per heavy atom. The average Bonchev–Trinajstić information content (AvgIpc) is 2.38. The Morgan fingerprint density at radius 1 is 1.35 bits per heavy atom. The Morgan fingerprint density at radius 2 is 2.12 bits per heavy atom. The first kappa shape index (κ1) is 12.7. The molecule has 3 nitrogen and oxygen atoms in total. The summed E-state index contributed by atoms with van der Waals surface area (Å²) in [6.45, 7) is 5.59. The van der Waals surface area contributed by atoms with Crippen molar-refractivity contribution in [3.8, 4) is 5.75 Å². The van der Waals surface area contributed by atoms with Gasteiger partial charge in [-0.15, -0.1) is 0 Å². The summed E-state index contributed by atoms with van der Waals surface area (Å²) in [5.74, 6) is 0.748. The van der Waals surface area contributed by atoms with Crippen molar-refractivity contribution in [3.05, 3.63) is 28.8 Å². The molecular weight excluding hydrogens is 236 g/mol. The first-order chi connectivity index (χ1) is 8.29. The molecule has 1 saturated heterocycles. The van der Waals surface area contributed by atoms with Gasteiger partial charge in [-0.25, -0.2) is 0 Å². The molecule has 1 aromatic rings. The Hall–Kier alpha value is -0.770. The van der Waals surface area contributed by atoms with Crippen LogP contribution in [0.1, 0.15) is 5.56 Å². The normalized spacial score (nSPS) is 17.1. The zero-order chi connectivity index (χ0) is 12.1. The lowest BCUT2D eigenvalue weighted by Gasteiger charge is -2.27. The number of nitrogens with one attached hydrogen (secondary N) is 1. The van der Waals surface area contributed by atoms with Crippen molar-refractivity contribution < 1.29 is 4.74 Å². The molecule has 2 rings (SSSR count). The Bertz CT molecular complexity index is 364. The number of rotatable bonds is 4. The number of nitrogens with zero attached hydrogens (tertiary/aromatic N) is 1. The van der Waals surface area contributed by atoms with Crippen molar-refractivity contribution in [2.24, 2.45) is 0 Å². The van der Waals surface area contributed by atoms with Crippen LogP contribution in [0.5, 0.6) is 5.75 Å². The van der Waals surface area contributed by atoms with Crippen molar-refractivity contribution in [3.63, 3.8) is 0 Å². The molecule has 0 saturated carbocycles. The SMILES string of the molecule is COc1ccc(CCN2CCNCC2)cc1Cl. The van der Waals surface area contributed by atoms with Gasteiger partial charge in [0.2, 0.25) is 0 Å². The van der Waals surface area contributed by atoms with E-state index in [4.69, 9.17) is 16.3 Å².